The van der Waals surface area contributed by atoms with Crippen molar-refractivity contribution in [2.75, 3.05) is 52.5 Å². The average molecular weight is 445 g/mol. The van der Waals surface area contributed by atoms with E-state index in [2.05, 4.69) is 10.6 Å². The number of urea groups is 1. The van der Waals surface area contributed by atoms with Crippen LogP contribution in [0.25, 0.3) is 0 Å². The Labute approximate surface area is 188 Å². The van der Waals surface area contributed by atoms with Gasteiger partial charge in [-0.25, -0.2) is 4.79 Å². The Morgan fingerprint density at radius 2 is 1.35 bits per heavy atom. The maximum Gasteiger partial charge on any atom is 0.314 e. The summed E-state index contributed by atoms with van der Waals surface area (Å²) in [4.78, 5) is 12.2. The predicted octanol–water partition coefficient (Wildman–Crippen LogP) is -0.993. The van der Waals surface area contributed by atoms with Crippen molar-refractivity contribution >= 4 is 6.03 Å². The zero-order valence-corrected chi connectivity index (χ0v) is 19.3. The molecular weight excluding hydrogens is 396 g/mol. The van der Waals surface area contributed by atoms with Gasteiger partial charge in [0.25, 0.3) is 0 Å². The number of piperidine rings is 3. The molecule has 4 fully saturated rings. The Hall–Kier alpha value is -1.01. The number of rotatable bonds is 0. The van der Waals surface area contributed by atoms with Gasteiger partial charge < -0.3 is 48.9 Å². The normalized spacial score (nSPS) is 27.4. The molecule has 12 N–H and O–H groups in total. The molecule has 4 aliphatic heterocycles. The van der Waals surface area contributed by atoms with Crippen molar-refractivity contribution in [2.45, 2.75) is 75.5 Å². The number of nitrogens with one attached hydrogen (secondary N) is 2. The number of hydrogen-bond donors (Lipinski definition) is 7. The summed E-state index contributed by atoms with van der Waals surface area (Å²) in [6.45, 7) is 7.51. The summed E-state index contributed by atoms with van der Waals surface area (Å²) in [5, 5.41) is 6.44. The minimum absolute atomic E-state index is 0.260. The third kappa shape index (κ3) is 15.4. The van der Waals surface area contributed by atoms with E-state index in [1.165, 1.54) is 12.8 Å². The Morgan fingerprint density at radius 1 is 0.742 bits per heavy atom. The summed E-state index contributed by atoms with van der Waals surface area (Å²) < 4.78 is 5.06. The van der Waals surface area contributed by atoms with E-state index >= 15 is 0 Å². The van der Waals surface area contributed by atoms with Gasteiger partial charge in [-0.3, -0.25) is 0 Å². The lowest BCUT2D eigenvalue weighted by molar-refractivity contribution is 0.0822. The monoisotopic (exact) mass is 444 g/mol. The van der Waals surface area contributed by atoms with Gasteiger partial charge >= 0.3 is 6.03 Å². The smallest absolute Gasteiger partial charge is 0.314 e. The molecule has 10 nitrogen and oxygen atoms in total. The van der Waals surface area contributed by atoms with Gasteiger partial charge in [0.05, 0.1) is 6.61 Å². The van der Waals surface area contributed by atoms with Gasteiger partial charge in [-0.2, -0.15) is 0 Å². The van der Waals surface area contributed by atoms with Crippen LogP contribution in [0.4, 0.5) is 4.79 Å². The molecule has 0 aliphatic carbocycles. The second kappa shape index (κ2) is 17.5. The first-order valence-electron chi connectivity index (χ1n) is 11.9. The number of nitrogens with two attached hydrogens (primary N) is 5. The first-order chi connectivity index (χ1) is 14.9. The van der Waals surface area contributed by atoms with E-state index in [1.54, 1.807) is 4.90 Å². The first kappa shape index (κ1) is 28.0. The Morgan fingerprint density at radius 3 is 1.68 bits per heavy atom. The van der Waals surface area contributed by atoms with Crippen LogP contribution < -0.4 is 39.3 Å². The van der Waals surface area contributed by atoms with Crippen molar-refractivity contribution < 1.29 is 9.53 Å². The molecule has 0 aromatic carbocycles. The summed E-state index contributed by atoms with van der Waals surface area (Å²) in [6, 6.07) is 1.14. The van der Waals surface area contributed by atoms with Gasteiger partial charge in [-0.15, -0.1) is 0 Å². The van der Waals surface area contributed by atoms with Crippen LogP contribution >= 0.6 is 0 Å². The maximum absolute atomic E-state index is 10.6. The van der Waals surface area contributed by atoms with Crippen LogP contribution in [0.1, 0.15) is 51.4 Å². The molecule has 10 heteroatoms. The number of amides is 2. The number of carbonyl (C=O) groups excluding carboxylic acids is 1. The third-order valence-corrected chi connectivity index (χ3v) is 5.77. The highest BCUT2D eigenvalue weighted by atomic mass is 16.5. The first-order valence-corrected chi connectivity index (χ1v) is 11.9. The fourth-order valence-corrected chi connectivity index (χ4v) is 3.61. The third-order valence-electron chi connectivity index (χ3n) is 5.77. The largest absolute Gasteiger partial charge is 0.380 e. The van der Waals surface area contributed by atoms with Crippen LogP contribution in [0.15, 0.2) is 0 Å². The van der Waals surface area contributed by atoms with Gasteiger partial charge in [-0.1, -0.05) is 0 Å². The molecule has 0 radical (unpaired) electrons. The lowest BCUT2D eigenvalue weighted by atomic mass is 10.1. The van der Waals surface area contributed by atoms with E-state index in [9.17, 15) is 4.79 Å². The fraction of sp³-hybridized carbons (Fsp3) is 0.952. The molecule has 4 aliphatic rings. The van der Waals surface area contributed by atoms with E-state index in [0.29, 0.717) is 18.1 Å². The van der Waals surface area contributed by atoms with Crippen molar-refractivity contribution in [1.29, 1.82) is 0 Å². The van der Waals surface area contributed by atoms with Crippen molar-refractivity contribution in [3.63, 3.8) is 0 Å². The molecule has 2 atom stereocenters. The summed E-state index contributed by atoms with van der Waals surface area (Å²) in [7, 11) is 0. The van der Waals surface area contributed by atoms with Crippen molar-refractivity contribution in [1.82, 2.24) is 15.5 Å². The fourth-order valence-electron chi connectivity index (χ4n) is 3.61. The number of nitrogens with zero attached hydrogens (tertiary/aromatic N) is 1. The SMILES string of the molecule is NC(=O)N1CCC(N)CC1.NC1CCCNC1.NC1CCCOC1.NC1CCNCC1. The molecule has 0 aromatic rings. The van der Waals surface area contributed by atoms with Crippen LogP contribution in [0.3, 0.4) is 0 Å². The second-order valence-electron chi connectivity index (χ2n) is 8.83. The van der Waals surface area contributed by atoms with Crippen LogP contribution in [0, 0.1) is 0 Å². The lowest BCUT2D eigenvalue weighted by Crippen LogP contribution is -2.45. The van der Waals surface area contributed by atoms with Crippen LogP contribution in [-0.2, 0) is 4.74 Å². The molecule has 4 rings (SSSR count). The van der Waals surface area contributed by atoms with Gasteiger partial charge in [0.15, 0.2) is 0 Å². The quantitative estimate of drug-likeness (QED) is 0.248. The summed E-state index contributed by atoms with van der Waals surface area (Å²) >= 11 is 0. The lowest BCUT2D eigenvalue weighted by Gasteiger charge is -2.28. The number of likely N-dealkylation sites (tertiary alicyclic amines) is 1. The summed E-state index contributed by atoms with van der Waals surface area (Å²) in [5.41, 5.74) is 27.4. The molecule has 0 saturated carbocycles. The van der Waals surface area contributed by atoms with Gasteiger partial charge in [0.1, 0.15) is 0 Å². The van der Waals surface area contributed by atoms with Crippen LogP contribution in [0.2, 0.25) is 0 Å². The molecule has 4 heterocycles. The highest BCUT2D eigenvalue weighted by Gasteiger charge is 2.17. The molecule has 184 valence electrons. The van der Waals surface area contributed by atoms with Gasteiger partial charge in [-0.05, 0) is 71.0 Å². The molecule has 4 saturated heterocycles. The van der Waals surface area contributed by atoms with E-state index in [4.69, 9.17) is 33.4 Å². The second-order valence-corrected chi connectivity index (χ2v) is 8.83. The molecule has 2 unspecified atom stereocenters. The summed E-state index contributed by atoms with van der Waals surface area (Å²) in [6.07, 6.45) is 8.79. The molecule has 31 heavy (non-hydrogen) atoms. The molecule has 0 bridgehead atoms. The van der Waals surface area contributed by atoms with Gasteiger partial charge in [0.2, 0.25) is 0 Å². The minimum atomic E-state index is -0.327. The molecule has 0 aromatic heterocycles. The number of primary amides is 1. The number of ether oxygens (including phenoxy) is 1. The van der Waals surface area contributed by atoms with Crippen LogP contribution in [0.5, 0.6) is 0 Å². The van der Waals surface area contributed by atoms with Crippen LogP contribution in [-0.4, -0.2) is 87.6 Å². The average Bonchev–Trinajstić information content (AvgIpc) is 2.77. The number of carbonyl (C=O) groups is 1. The maximum atomic E-state index is 10.6. The minimum Gasteiger partial charge on any atom is -0.380 e. The zero-order valence-electron chi connectivity index (χ0n) is 19.3. The van der Waals surface area contributed by atoms with E-state index in [1.807, 2.05) is 0 Å². The van der Waals surface area contributed by atoms with E-state index in [0.717, 1.165) is 91.0 Å². The van der Waals surface area contributed by atoms with E-state index < -0.39 is 0 Å². The van der Waals surface area contributed by atoms with Gasteiger partial charge in [0, 0.05) is 50.4 Å². The van der Waals surface area contributed by atoms with Crippen molar-refractivity contribution in [3.8, 4) is 0 Å². The van der Waals surface area contributed by atoms with Crippen molar-refractivity contribution in [3.05, 3.63) is 0 Å². The Bertz CT molecular complexity index is 393. The Balaban J connectivity index is 0.000000209. The van der Waals surface area contributed by atoms with E-state index in [-0.39, 0.29) is 12.1 Å². The van der Waals surface area contributed by atoms with Crippen molar-refractivity contribution in [2.24, 2.45) is 28.7 Å². The molecular formula is C21H48N8O2. The topological polar surface area (TPSA) is 184 Å². The molecule has 2 amide bonds. The highest BCUT2D eigenvalue weighted by molar-refractivity contribution is 5.72. The Kier molecular flexibility index (Phi) is 15.9. The standard InChI is InChI=1S/C6H13N3O.2C5H12N2.C5H11NO/c7-5-1-3-9(4-2-5)6(8)10;6-5-1-3-7-4-2-5;2*6-5-2-1-3-7-4-5/h5H,1-4,7H2,(H2,8,10);2*5,7H,1-4,6H2;5H,1-4,6H2. The number of hydrogen-bond acceptors (Lipinski definition) is 8. The predicted molar refractivity (Wildman–Crippen MR) is 127 cm³/mol. The zero-order chi connectivity index (χ0) is 22.9. The molecule has 0 spiro atoms. The highest BCUT2D eigenvalue weighted by Crippen LogP contribution is 2.06. The summed E-state index contributed by atoms with van der Waals surface area (Å²) in [5.74, 6) is 0.